The molecule has 4 aliphatic carbocycles. The van der Waals surface area contributed by atoms with Gasteiger partial charge in [-0.15, -0.1) is 0 Å². The summed E-state index contributed by atoms with van der Waals surface area (Å²) >= 11 is 0. The molecular formula is C30H50O6. The summed E-state index contributed by atoms with van der Waals surface area (Å²) in [6.45, 7) is 15.3. The third-order valence-electron chi connectivity index (χ3n) is 12.6. The summed E-state index contributed by atoms with van der Waals surface area (Å²) in [5, 5.41) is 24.6. The molecular weight excluding hydrogens is 456 g/mol. The van der Waals surface area contributed by atoms with Crippen LogP contribution in [0.2, 0.25) is 0 Å². The molecule has 2 N–H and O–H groups in total. The van der Waals surface area contributed by atoms with Gasteiger partial charge in [0.2, 0.25) is 0 Å². The first kappa shape index (κ1) is 26.9. The van der Waals surface area contributed by atoms with Gasteiger partial charge < -0.3 is 14.9 Å². The minimum atomic E-state index is -1.38. The Hall–Kier alpha value is -0.690. The minimum absolute atomic E-state index is 0.0991. The molecule has 11 atom stereocenters. The molecule has 2 heterocycles. The van der Waals surface area contributed by atoms with Crippen molar-refractivity contribution in [1.82, 2.24) is 0 Å². The van der Waals surface area contributed by atoms with E-state index in [0.717, 1.165) is 19.3 Å². The van der Waals surface area contributed by atoms with Crippen LogP contribution in [0.3, 0.4) is 0 Å². The van der Waals surface area contributed by atoms with E-state index in [2.05, 4.69) is 41.5 Å². The van der Waals surface area contributed by atoms with Crippen molar-refractivity contribution in [1.29, 1.82) is 0 Å². The van der Waals surface area contributed by atoms with E-state index >= 15 is 0 Å². The molecule has 36 heavy (non-hydrogen) atoms. The van der Waals surface area contributed by atoms with Crippen LogP contribution in [0.4, 0.5) is 0 Å². The summed E-state index contributed by atoms with van der Waals surface area (Å²) < 4.78 is 5.58. The van der Waals surface area contributed by atoms with Crippen LogP contribution >= 0.6 is 0 Å². The lowest BCUT2D eigenvalue weighted by atomic mass is 9.37. The zero-order valence-corrected chi connectivity index (χ0v) is 23.6. The molecule has 4 saturated carbocycles. The fraction of sp³-hybridized carbons (Fsp3) is 0.967. The molecule has 0 aromatic rings. The van der Waals surface area contributed by atoms with Crippen LogP contribution in [0.15, 0.2) is 0 Å². The van der Waals surface area contributed by atoms with E-state index in [1.807, 2.05) is 0 Å². The molecule has 6 aliphatic rings. The molecule has 2 aliphatic heterocycles. The summed E-state index contributed by atoms with van der Waals surface area (Å²) in [6, 6.07) is 0. The highest BCUT2D eigenvalue weighted by Crippen LogP contribution is 2.76. The zero-order valence-electron chi connectivity index (χ0n) is 23.6. The summed E-state index contributed by atoms with van der Waals surface area (Å²) in [5.74, 6) is 2.33. The Bertz CT molecular complexity index is 864. The predicted molar refractivity (Wildman–Crippen MR) is 137 cm³/mol. The molecule has 6 fully saturated rings. The maximum atomic E-state index is 12.7. The van der Waals surface area contributed by atoms with E-state index < -0.39 is 28.3 Å². The second-order valence-corrected chi connectivity index (χ2v) is 14.4. The second-order valence-electron chi connectivity index (χ2n) is 14.4. The second kappa shape index (κ2) is 8.66. The summed E-state index contributed by atoms with van der Waals surface area (Å²) in [5.41, 5.74) is -3.80. The van der Waals surface area contributed by atoms with Crippen LogP contribution in [-0.2, 0) is 19.3 Å². The van der Waals surface area contributed by atoms with Gasteiger partial charge in [0.1, 0.15) is 22.9 Å². The van der Waals surface area contributed by atoms with Crippen molar-refractivity contribution in [2.45, 2.75) is 142 Å². The molecule has 0 radical (unpaired) electrons. The quantitative estimate of drug-likeness (QED) is 0.361. The number of aliphatic hydroxyl groups is 2. The molecule has 0 unspecified atom stereocenters. The molecule has 6 heteroatoms. The van der Waals surface area contributed by atoms with Gasteiger partial charge in [0.25, 0.3) is 0 Å². The SMILES string of the molecule is CC(=O)O[C@@H]1CC[C@]2(C)[C@@]3(CC[C@]4(OO3)[C@@H]3CC[C@@H]([C@H](C)CC[C@H](C)C(C)C)[C@@]3(C)C[C@@H](O)[C@]24O)C1. The average molecular weight is 507 g/mol. The summed E-state index contributed by atoms with van der Waals surface area (Å²) in [6.07, 6.45) is 7.28. The predicted octanol–water partition coefficient (Wildman–Crippen LogP) is 5.58. The molecule has 0 amide bonds. The number of fused-ring (bicyclic) bond motifs is 3. The van der Waals surface area contributed by atoms with Crippen molar-refractivity contribution >= 4 is 5.97 Å². The maximum absolute atomic E-state index is 12.7. The number of aliphatic hydroxyl groups excluding tert-OH is 1. The van der Waals surface area contributed by atoms with Crippen molar-refractivity contribution in [3.63, 3.8) is 0 Å². The highest BCUT2D eigenvalue weighted by atomic mass is 17.2. The third kappa shape index (κ3) is 3.32. The first-order valence-electron chi connectivity index (χ1n) is 14.7. The number of ether oxygens (including phenoxy) is 1. The molecule has 0 aromatic carbocycles. The van der Waals surface area contributed by atoms with Gasteiger partial charge in [-0.05, 0) is 80.0 Å². The highest BCUT2D eigenvalue weighted by Gasteiger charge is 2.85. The number of hydrogen-bond donors (Lipinski definition) is 2. The standard InChI is InChI=1S/C30H50O6/c1-18(2)19(3)8-9-20(4)23-10-11-24-26(23,6)17-25(32)30(33)27(7)13-12-22(34-21(5)31)16-28(27)14-15-29(24,30)36-35-28/h18-20,22-25,32-33H,8-17H2,1-7H3/t19-,20+,22+,23-,24+,25+,26+,27+,28+,29-,30-/m0/s1. The number of carbonyl (C=O) groups is 1. The van der Waals surface area contributed by atoms with Gasteiger partial charge in [0.05, 0.1) is 6.10 Å². The van der Waals surface area contributed by atoms with Gasteiger partial charge >= 0.3 is 5.97 Å². The van der Waals surface area contributed by atoms with Gasteiger partial charge in [0, 0.05) is 18.8 Å². The summed E-state index contributed by atoms with van der Waals surface area (Å²) in [7, 11) is 0. The van der Waals surface area contributed by atoms with E-state index in [4.69, 9.17) is 14.5 Å². The molecule has 2 bridgehead atoms. The van der Waals surface area contributed by atoms with Crippen LogP contribution in [-0.4, -0.2) is 45.2 Å². The Morgan fingerprint density at radius 2 is 1.72 bits per heavy atom. The molecule has 206 valence electrons. The van der Waals surface area contributed by atoms with Gasteiger partial charge in [-0.2, -0.15) is 0 Å². The first-order valence-corrected chi connectivity index (χ1v) is 14.7. The Balaban J connectivity index is 1.44. The van der Waals surface area contributed by atoms with Gasteiger partial charge in [0.15, 0.2) is 0 Å². The van der Waals surface area contributed by atoms with Crippen LogP contribution in [0.25, 0.3) is 0 Å². The Morgan fingerprint density at radius 3 is 2.33 bits per heavy atom. The number of hydrogen-bond acceptors (Lipinski definition) is 6. The third-order valence-corrected chi connectivity index (χ3v) is 12.6. The lowest BCUT2D eigenvalue weighted by molar-refractivity contribution is -0.569. The lowest BCUT2D eigenvalue weighted by Crippen LogP contribution is -2.87. The largest absolute Gasteiger partial charge is 0.462 e. The first-order chi connectivity index (χ1) is 16.8. The average Bonchev–Trinajstić information content (AvgIpc) is 3.15. The zero-order chi connectivity index (χ0) is 26.3. The van der Waals surface area contributed by atoms with Crippen LogP contribution in [0.1, 0.15) is 113 Å². The van der Waals surface area contributed by atoms with Crippen molar-refractivity contribution in [3.8, 4) is 0 Å². The fourth-order valence-corrected chi connectivity index (χ4v) is 10.1. The van der Waals surface area contributed by atoms with Gasteiger partial charge in [-0.3, -0.25) is 4.79 Å². The normalized spacial score (nSPS) is 51.3. The summed E-state index contributed by atoms with van der Waals surface area (Å²) in [4.78, 5) is 24.4. The van der Waals surface area contributed by atoms with E-state index in [9.17, 15) is 15.0 Å². The highest BCUT2D eigenvalue weighted by molar-refractivity contribution is 5.66. The van der Waals surface area contributed by atoms with Crippen molar-refractivity contribution in [2.75, 3.05) is 0 Å². The minimum Gasteiger partial charge on any atom is -0.462 e. The van der Waals surface area contributed by atoms with Gasteiger partial charge in [-0.25, -0.2) is 9.78 Å². The molecule has 6 nitrogen and oxygen atoms in total. The Morgan fingerprint density at radius 1 is 1.00 bits per heavy atom. The van der Waals surface area contributed by atoms with Crippen molar-refractivity contribution in [3.05, 3.63) is 0 Å². The maximum Gasteiger partial charge on any atom is 0.302 e. The number of rotatable bonds is 6. The van der Waals surface area contributed by atoms with E-state index in [-0.39, 0.29) is 23.4 Å². The van der Waals surface area contributed by atoms with Gasteiger partial charge in [-0.1, -0.05) is 54.4 Å². The van der Waals surface area contributed by atoms with Crippen LogP contribution in [0, 0.1) is 40.4 Å². The van der Waals surface area contributed by atoms with E-state index in [1.54, 1.807) is 0 Å². The van der Waals surface area contributed by atoms with Crippen molar-refractivity contribution in [2.24, 2.45) is 40.4 Å². The monoisotopic (exact) mass is 506 g/mol. The molecule has 2 spiro atoms. The lowest BCUT2D eigenvalue weighted by Gasteiger charge is -2.76. The van der Waals surface area contributed by atoms with Crippen LogP contribution < -0.4 is 0 Å². The molecule has 0 aromatic heterocycles. The van der Waals surface area contributed by atoms with Crippen LogP contribution in [0.5, 0.6) is 0 Å². The smallest absolute Gasteiger partial charge is 0.302 e. The van der Waals surface area contributed by atoms with Crippen molar-refractivity contribution < 1.29 is 29.5 Å². The topological polar surface area (TPSA) is 85.2 Å². The van der Waals surface area contributed by atoms with E-state index in [0.29, 0.717) is 55.8 Å². The fourth-order valence-electron chi connectivity index (χ4n) is 10.1. The van der Waals surface area contributed by atoms with E-state index in [1.165, 1.54) is 19.8 Å². The Labute approximate surface area is 217 Å². The Kier molecular flexibility index (Phi) is 6.47. The number of carbonyl (C=O) groups excluding carboxylic acids is 1. The number of esters is 1. The molecule has 2 saturated heterocycles. The molecule has 6 rings (SSSR count).